The third kappa shape index (κ3) is 4.09. The largest absolute Gasteiger partial charge is 0.491 e. The molecule has 0 saturated carbocycles. The summed E-state index contributed by atoms with van der Waals surface area (Å²) in [5.74, 6) is -0.736. The Morgan fingerprint density at radius 1 is 1.16 bits per heavy atom. The van der Waals surface area contributed by atoms with Gasteiger partial charge in [-0.3, -0.25) is 9.59 Å². The minimum absolute atomic E-state index is 0.0833. The normalized spacial score (nSPS) is 12.1. The van der Waals surface area contributed by atoms with Crippen LogP contribution in [0.1, 0.15) is 37.6 Å². The average Bonchev–Trinajstić information content (AvgIpc) is 2.39. The molecule has 0 aliphatic heterocycles. The molecule has 0 saturated heterocycles. The molecular weight excluding hydrogens is 244 g/mol. The molecule has 0 spiro atoms. The van der Waals surface area contributed by atoms with Crippen molar-refractivity contribution >= 4 is 11.8 Å². The van der Waals surface area contributed by atoms with Crippen LogP contribution in [0.5, 0.6) is 5.75 Å². The maximum atomic E-state index is 12.2. The second-order valence-electron chi connectivity index (χ2n) is 4.54. The number of ether oxygens (including phenoxy) is 2. The highest BCUT2D eigenvalue weighted by Crippen LogP contribution is 2.18. The predicted octanol–water partition coefficient (Wildman–Crippen LogP) is 2.86. The Hall–Kier alpha value is -1.84. The zero-order valence-corrected chi connectivity index (χ0v) is 11.8. The first-order valence-corrected chi connectivity index (χ1v) is 6.38. The Kier molecular flexibility index (Phi) is 5.55. The van der Waals surface area contributed by atoms with Gasteiger partial charge in [0.05, 0.1) is 13.2 Å². The van der Waals surface area contributed by atoms with Crippen LogP contribution in [0.2, 0.25) is 0 Å². The van der Waals surface area contributed by atoms with E-state index in [4.69, 9.17) is 4.74 Å². The number of esters is 1. The molecule has 0 aliphatic rings. The third-order valence-corrected chi connectivity index (χ3v) is 2.72. The van der Waals surface area contributed by atoms with Crippen LogP contribution >= 0.6 is 0 Å². The average molecular weight is 264 g/mol. The SMILES string of the molecule is CCC(C(=O)OC)C(=O)c1ccc(OC(C)C)cc1. The van der Waals surface area contributed by atoms with Crippen molar-refractivity contribution in [1.29, 1.82) is 0 Å². The van der Waals surface area contributed by atoms with Crippen molar-refractivity contribution in [3.8, 4) is 5.75 Å². The van der Waals surface area contributed by atoms with Crippen molar-refractivity contribution in [2.75, 3.05) is 7.11 Å². The summed E-state index contributed by atoms with van der Waals surface area (Å²) in [6.45, 7) is 5.66. The van der Waals surface area contributed by atoms with Crippen LogP contribution in [0.4, 0.5) is 0 Å². The summed E-state index contributed by atoms with van der Waals surface area (Å²) >= 11 is 0. The second-order valence-corrected chi connectivity index (χ2v) is 4.54. The number of methoxy groups -OCH3 is 1. The summed E-state index contributed by atoms with van der Waals surface area (Å²) in [5, 5.41) is 0. The fourth-order valence-corrected chi connectivity index (χ4v) is 1.77. The number of carbonyl (C=O) groups excluding carboxylic acids is 2. The molecule has 0 aliphatic carbocycles. The monoisotopic (exact) mass is 264 g/mol. The molecule has 1 aromatic carbocycles. The van der Waals surface area contributed by atoms with Crippen LogP contribution in [0.15, 0.2) is 24.3 Å². The summed E-state index contributed by atoms with van der Waals surface area (Å²) < 4.78 is 10.1. The lowest BCUT2D eigenvalue weighted by Crippen LogP contribution is -2.24. The van der Waals surface area contributed by atoms with Crippen molar-refractivity contribution in [2.45, 2.75) is 33.3 Å². The molecule has 0 radical (unpaired) electrons. The summed E-state index contributed by atoms with van der Waals surface area (Å²) in [6, 6.07) is 6.81. The zero-order chi connectivity index (χ0) is 14.4. The highest BCUT2D eigenvalue weighted by Gasteiger charge is 2.26. The molecule has 0 aromatic heterocycles. The van der Waals surface area contributed by atoms with Gasteiger partial charge in [-0.1, -0.05) is 6.92 Å². The molecular formula is C15H20O4. The van der Waals surface area contributed by atoms with Gasteiger partial charge in [0.25, 0.3) is 0 Å². The molecule has 1 rings (SSSR count). The molecule has 4 heteroatoms. The molecule has 0 heterocycles. The molecule has 1 atom stereocenters. The van der Waals surface area contributed by atoms with Crippen molar-refractivity contribution in [2.24, 2.45) is 5.92 Å². The van der Waals surface area contributed by atoms with Gasteiger partial charge in [0.2, 0.25) is 0 Å². The van der Waals surface area contributed by atoms with Gasteiger partial charge in [0, 0.05) is 5.56 Å². The van der Waals surface area contributed by atoms with E-state index in [9.17, 15) is 9.59 Å². The van der Waals surface area contributed by atoms with E-state index in [2.05, 4.69) is 4.74 Å². The smallest absolute Gasteiger partial charge is 0.316 e. The quantitative estimate of drug-likeness (QED) is 0.450. The Morgan fingerprint density at radius 2 is 1.74 bits per heavy atom. The first-order valence-electron chi connectivity index (χ1n) is 6.38. The molecule has 1 aromatic rings. The Labute approximate surface area is 113 Å². The maximum Gasteiger partial charge on any atom is 0.316 e. The Balaban J connectivity index is 2.85. The van der Waals surface area contributed by atoms with Crippen LogP contribution in [0, 0.1) is 5.92 Å². The first kappa shape index (κ1) is 15.2. The lowest BCUT2D eigenvalue weighted by atomic mass is 9.95. The molecule has 0 N–H and O–H groups in total. The van der Waals surface area contributed by atoms with E-state index in [0.717, 1.165) is 0 Å². The number of carbonyl (C=O) groups is 2. The van der Waals surface area contributed by atoms with Gasteiger partial charge in [0.15, 0.2) is 5.78 Å². The molecule has 0 amide bonds. The van der Waals surface area contributed by atoms with E-state index in [0.29, 0.717) is 17.7 Å². The van der Waals surface area contributed by atoms with Crippen molar-refractivity contribution in [1.82, 2.24) is 0 Å². The minimum Gasteiger partial charge on any atom is -0.491 e. The van der Waals surface area contributed by atoms with Gasteiger partial charge in [-0.05, 0) is 44.5 Å². The van der Waals surface area contributed by atoms with Crippen LogP contribution in [0.3, 0.4) is 0 Å². The van der Waals surface area contributed by atoms with Gasteiger partial charge in [-0.25, -0.2) is 0 Å². The van der Waals surface area contributed by atoms with Crippen LogP contribution in [0.25, 0.3) is 0 Å². The van der Waals surface area contributed by atoms with Gasteiger partial charge in [-0.15, -0.1) is 0 Å². The molecule has 4 nitrogen and oxygen atoms in total. The van der Waals surface area contributed by atoms with Gasteiger partial charge in [0.1, 0.15) is 11.7 Å². The van der Waals surface area contributed by atoms with E-state index >= 15 is 0 Å². The van der Waals surface area contributed by atoms with E-state index in [1.807, 2.05) is 13.8 Å². The standard InChI is InChI=1S/C15H20O4/c1-5-13(15(17)18-4)14(16)11-6-8-12(9-7-11)19-10(2)3/h6-10,13H,5H2,1-4H3. The summed E-state index contributed by atoms with van der Waals surface area (Å²) in [6.07, 6.45) is 0.510. The van der Waals surface area contributed by atoms with Gasteiger partial charge < -0.3 is 9.47 Å². The number of rotatable bonds is 6. The van der Waals surface area contributed by atoms with Crippen LogP contribution in [-0.2, 0) is 9.53 Å². The highest BCUT2D eigenvalue weighted by atomic mass is 16.5. The molecule has 0 bridgehead atoms. The summed E-state index contributed by atoms with van der Waals surface area (Å²) in [5.41, 5.74) is 0.494. The van der Waals surface area contributed by atoms with E-state index in [1.165, 1.54) is 7.11 Å². The number of benzene rings is 1. The van der Waals surface area contributed by atoms with E-state index < -0.39 is 11.9 Å². The van der Waals surface area contributed by atoms with Crippen LogP contribution in [-0.4, -0.2) is 25.0 Å². The minimum atomic E-state index is -0.734. The van der Waals surface area contributed by atoms with Crippen molar-refractivity contribution in [3.05, 3.63) is 29.8 Å². The molecule has 1 unspecified atom stereocenters. The summed E-state index contributed by atoms with van der Waals surface area (Å²) in [7, 11) is 1.29. The lowest BCUT2D eigenvalue weighted by Gasteiger charge is -2.13. The maximum absolute atomic E-state index is 12.2. The number of Topliss-reactive ketones (excluding diaryl/α,β-unsaturated/α-hetero) is 1. The van der Waals surface area contributed by atoms with Crippen molar-refractivity contribution in [3.63, 3.8) is 0 Å². The van der Waals surface area contributed by atoms with Gasteiger partial charge in [-0.2, -0.15) is 0 Å². The second kappa shape index (κ2) is 6.92. The Morgan fingerprint density at radius 3 is 2.16 bits per heavy atom. The molecule has 104 valence electrons. The molecule has 19 heavy (non-hydrogen) atoms. The Bertz CT molecular complexity index is 434. The summed E-state index contributed by atoms with van der Waals surface area (Å²) in [4.78, 5) is 23.7. The van der Waals surface area contributed by atoms with Gasteiger partial charge >= 0.3 is 5.97 Å². The van der Waals surface area contributed by atoms with Crippen LogP contribution < -0.4 is 4.74 Å². The van der Waals surface area contributed by atoms with Crippen molar-refractivity contribution < 1.29 is 19.1 Å². The fraction of sp³-hybridized carbons (Fsp3) is 0.467. The number of hydrogen-bond acceptors (Lipinski definition) is 4. The van der Waals surface area contributed by atoms with E-state index in [1.54, 1.807) is 31.2 Å². The topological polar surface area (TPSA) is 52.6 Å². The third-order valence-electron chi connectivity index (χ3n) is 2.72. The first-order chi connectivity index (χ1) is 8.99. The predicted molar refractivity (Wildman–Crippen MR) is 72.3 cm³/mol. The van der Waals surface area contributed by atoms with E-state index in [-0.39, 0.29) is 11.9 Å². The number of ketones is 1. The molecule has 0 fully saturated rings. The fourth-order valence-electron chi connectivity index (χ4n) is 1.77. The highest BCUT2D eigenvalue weighted by molar-refractivity contribution is 6.08. The zero-order valence-electron chi connectivity index (χ0n) is 11.8. The lowest BCUT2D eigenvalue weighted by molar-refractivity contribution is -0.143. The number of hydrogen-bond donors (Lipinski definition) is 0.